The fourth-order valence-corrected chi connectivity index (χ4v) is 1.85. The molecule has 0 aliphatic heterocycles. The number of benzene rings is 1. The highest BCUT2D eigenvalue weighted by atomic mass is 16.6. The molecule has 0 fully saturated rings. The van der Waals surface area contributed by atoms with E-state index < -0.39 is 0 Å². The van der Waals surface area contributed by atoms with Crippen molar-refractivity contribution in [3.05, 3.63) is 58.2 Å². The van der Waals surface area contributed by atoms with Crippen molar-refractivity contribution in [2.75, 3.05) is 6.54 Å². The van der Waals surface area contributed by atoms with Gasteiger partial charge in [0.05, 0.1) is 4.92 Å². The van der Waals surface area contributed by atoms with Crippen LogP contribution in [0.15, 0.2) is 36.7 Å². The predicted octanol–water partition coefficient (Wildman–Crippen LogP) is 1.89. The first kappa shape index (κ1) is 13.2. The summed E-state index contributed by atoms with van der Waals surface area (Å²) in [6, 6.07) is 6.67. The van der Waals surface area contributed by atoms with Crippen molar-refractivity contribution in [2.24, 2.45) is 0 Å². The number of aromatic nitrogens is 2. The van der Waals surface area contributed by atoms with Crippen LogP contribution in [0.5, 0.6) is 0 Å². The summed E-state index contributed by atoms with van der Waals surface area (Å²) >= 11 is 0. The molecule has 0 amide bonds. The molecule has 0 saturated heterocycles. The Morgan fingerprint density at radius 2 is 2.32 bits per heavy atom. The Hall–Kier alpha value is -2.21. The lowest BCUT2D eigenvalue weighted by Gasteiger charge is -2.07. The van der Waals surface area contributed by atoms with Gasteiger partial charge in [-0.3, -0.25) is 10.1 Å². The van der Waals surface area contributed by atoms with Gasteiger partial charge in [0.25, 0.3) is 5.69 Å². The number of rotatable bonds is 6. The lowest BCUT2D eigenvalue weighted by Crippen LogP contribution is -2.19. The number of nitro groups is 1. The third kappa shape index (κ3) is 3.62. The van der Waals surface area contributed by atoms with Gasteiger partial charge in [-0.15, -0.1) is 0 Å². The van der Waals surface area contributed by atoms with Gasteiger partial charge in [0.1, 0.15) is 5.82 Å². The number of imidazole rings is 1. The van der Waals surface area contributed by atoms with E-state index in [1.54, 1.807) is 18.3 Å². The number of nitrogens with zero attached hydrogens (tertiary/aromatic N) is 3. The number of nitrogens with one attached hydrogen (secondary N) is 1. The first-order valence-corrected chi connectivity index (χ1v) is 6.08. The Morgan fingerprint density at radius 3 is 3.00 bits per heavy atom. The standard InChI is InChI=1S/C13H16N4O2/c1-11-15-6-8-16(11)7-5-14-10-12-3-2-4-13(9-12)17(18)19/h2-4,6,8-9,14H,5,7,10H2,1H3. The van der Waals surface area contributed by atoms with Crippen LogP contribution in [0.25, 0.3) is 0 Å². The SMILES string of the molecule is Cc1nccn1CCNCc1cccc([N+](=O)[O-])c1. The van der Waals surface area contributed by atoms with Gasteiger partial charge in [-0.1, -0.05) is 12.1 Å². The van der Waals surface area contributed by atoms with Crippen LogP contribution >= 0.6 is 0 Å². The Bertz CT molecular complexity index is 565. The molecule has 0 spiro atoms. The molecule has 0 bridgehead atoms. The van der Waals surface area contributed by atoms with E-state index in [1.807, 2.05) is 19.2 Å². The Labute approximate surface area is 111 Å². The molecular weight excluding hydrogens is 244 g/mol. The molecule has 1 aromatic carbocycles. The summed E-state index contributed by atoms with van der Waals surface area (Å²) in [5.74, 6) is 0.983. The molecule has 100 valence electrons. The van der Waals surface area contributed by atoms with Crippen molar-refractivity contribution >= 4 is 5.69 Å². The third-order valence-corrected chi connectivity index (χ3v) is 2.90. The normalized spacial score (nSPS) is 10.6. The van der Waals surface area contributed by atoms with Crippen LogP contribution in [0, 0.1) is 17.0 Å². The minimum atomic E-state index is -0.377. The summed E-state index contributed by atoms with van der Waals surface area (Å²) in [6.07, 6.45) is 3.71. The van der Waals surface area contributed by atoms with Gasteiger partial charge in [-0.25, -0.2) is 4.98 Å². The highest BCUT2D eigenvalue weighted by Gasteiger charge is 2.05. The van der Waals surface area contributed by atoms with E-state index in [0.29, 0.717) is 6.54 Å². The first-order valence-electron chi connectivity index (χ1n) is 6.08. The molecule has 0 saturated carbocycles. The molecule has 2 aromatic rings. The average Bonchev–Trinajstić information content (AvgIpc) is 2.81. The number of hydrogen-bond acceptors (Lipinski definition) is 4. The summed E-state index contributed by atoms with van der Waals surface area (Å²) < 4.78 is 2.06. The lowest BCUT2D eigenvalue weighted by atomic mass is 10.2. The minimum Gasteiger partial charge on any atom is -0.334 e. The second-order valence-corrected chi connectivity index (χ2v) is 4.27. The maximum absolute atomic E-state index is 10.7. The van der Waals surface area contributed by atoms with E-state index in [-0.39, 0.29) is 10.6 Å². The van der Waals surface area contributed by atoms with Crippen LogP contribution < -0.4 is 5.32 Å². The molecule has 0 unspecified atom stereocenters. The van der Waals surface area contributed by atoms with Crippen molar-refractivity contribution in [2.45, 2.75) is 20.0 Å². The van der Waals surface area contributed by atoms with Gasteiger partial charge in [0, 0.05) is 44.2 Å². The fraction of sp³-hybridized carbons (Fsp3) is 0.308. The van der Waals surface area contributed by atoms with Gasteiger partial charge in [0.2, 0.25) is 0 Å². The summed E-state index contributed by atoms with van der Waals surface area (Å²) in [5, 5.41) is 13.9. The van der Waals surface area contributed by atoms with Crippen LogP contribution in [-0.4, -0.2) is 21.0 Å². The molecular formula is C13H16N4O2. The Balaban J connectivity index is 1.81. The van der Waals surface area contributed by atoms with Gasteiger partial charge >= 0.3 is 0 Å². The number of non-ortho nitro benzene ring substituents is 1. The number of nitro benzene ring substituents is 1. The fourth-order valence-electron chi connectivity index (χ4n) is 1.85. The van der Waals surface area contributed by atoms with Crippen molar-refractivity contribution in [1.82, 2.24) is 14.9 Å². The molecule has 1 N–H and O–H groups in total. The monoisotopic (exact) mass is 260 g/mol. The van der Waals surface area contributed by atoms with Crippen LogP contribution in [0.4, 0.5) is 5.69 Å². The number of aryl methyl sites for hydroxylation is 1. The second kappa shape index (κ2) is 6.10. The summed E-state index contributed by atoms with van der Waals surface area (Å²) in [7, 11) is 0. The third-order valence-electron chi connectivity index (χ3n) is 2.90. The second-order valence-electron chi connectivity index (χ2n) is 4.27. The molecule has 1 aromatic heterocycles. The van der Waals surface area contributed by atoms with Gasteiger partial charge in [-0.05, 0) is 12.5 Å². The van der Waals surface area contributed by atoms with Gasteiger partial charge in [0.15, 0.2) is 0 Å². The smallest absolute Gasteiger partial charge is 0.269 e. The average molecular weight is 260 g/mol. The summed E-state index contributed by atoms with van der Waals surface area (Å²) in [4.78, 5) is 14.4. The molecule has 1 heterocycles. The predicted molar refractivity (Wildman–Crippen MR) is 71.8 cm³/mol. The lowest BCUT2D eigenvalue weighted by molar-refractivity contribution is -0.384. The van der Waals surface area contributed by atoms with E-state index in [9.17, 15) is 10.1 Å². The minimum absolute atomic E-state index is 0.129. The van der Waals surface area contributed by atoms with Crippen LogP contribution in [0.1, 0.15) is 11.4 Å². The molecule has 0 aliphatic carbocycles. The van der Waals surface area contributed by atoms with Gasteiger partial charge < -0.3 is 9.88 Å². The Kier molecular flexibility index (Phi) is 4.25. The zero-order valence-corrected chi connectivity index (χ0v) is 10.7. The van der Waals surface area contributed by atoms with Crippen LogP contribution in [0.2, 0.25) is 0 Å². The molecule has 6 heteroatoms. The van der Waals surface area contributed by atoms with Crippen molar-refractivity contribution in [3.8, 4) is 0 Å². The quantitative estimate of drug-likeness (QED) is 0.489. The molecule has 19 heavy (non-hydrogen) atoms. The van der Waals surface area contributed by atoms with Crippen molar-refractivity contribution in [1.29, 1.82) is 0 Å². The summed E-state index contributed by atoms with van der Waals surface area (Å²) in [5.41, 5.74) is 1.04. The van der Waals surface area contributed by atoms with Crippen molar-refractivity contribution in [3.63, 3.8) is 0 Å². The highest BCUT2D eigenvalue weighted by Crippen LogP contribution is 2.12. The first-order chi connectivity index (χ1) is 9.16. The highest BCUT2D eigenvalue weighted by molar-refractivity contribution is 5.34. The van der Waals surface area contributed by atoms with E-state index in [2.05, 4.69) is 14.9 Å². The maximum atomic E-state index is 10.7. The van der Waals surface area contributed by atoms with Crippen molar-refractivity contribution < 1.29 is 4.92 Å². The van der Waals surface area contributed by atoms with E-state index in [4.69, 9.17) is 0 Å². The van der Waals surface area contributed by atoms with E-state index in [1.165, 1.54) is 6.07 Å². The maximum Gasteiger partial charge on any atom is 0.269 e. The topological polar surface area (TPSA) is 73.0 Å². The van der Waals surface area contributed by atoms with Crippen LogP contribution in [-0.2, 0) is 13.1 Å². The largest absolute Gasteiger partial charge is 0.334 e. The van der Waals surface area contributed by atoms with Gasteiger partial charge in [-0.2, -0.15) is 0 Å². The van der Waals surface area contributed by atoms with Crippen LogP contribution in [0.3, 0.4) is 0 Å². The molecule has 2 rings (SSSR count). The summed E-state index contributed by atoms with van der Waals surface area (Å²) in [6.45, 7) is 4.20. The molecule has 0 radical (unpaired) electrons. The zero-order valence-electron chi connectivity index (χ0n) is 10.7. The van der Waals surface area contributed by atoms with E-state index >= 15 is 0 Å². The number of hydrogen-bond donors (Lipinski definition) is 1. The molecule has 6 nitrogen and oxygen atoms in total. The zero-order chi connectivity index (χ0) is 13.7. The molecule has 0 atom stereocenters. The Morgan fingerprint density at radius 1 is 1.47 bits per heavy atom. The molecule has 0 aliphatic rings. The van der Waals surface area contributed by atoms with E-state index in [0.717, 1.165) is 24.5 Å².